The summed E-state index contributed by atoms with van der Waals surface area (Å²) in [5.41, 5.74) is -0.988. The maximum atomic E-state index is 14.2. The number of benzene rings is 3. The normalized spacial score (nSPS) is 14.2. The number of rotatable bonds is 4. The minimum absolute atomic E-state index is 0.0184. The summed E-state index contributed by atoms with van der Waals surface area (Å²) in [6.07, 6.45) is -12.5. The molecule has 7 nitrogen and oxygen atoms in total. The van der Waals surface area contributed by atoms with Crippen LogP contribution in [0, 0.1) is 11.6 Å². The quantitative estimate of drug-likeness (QED) is 0.409. The Morgan fingerprint density at radius 3 is 2.27 bits per heavy atom. The molecule has 1 aliphatic rings. The van der Waals surface area contributed by atoms with Gasteiger partial charge in [0.05, 0.1) is 22.7 Å². The van der Waals surface area contributed by atoms with Crippen LogP contribution >= 0.6 is 0 Å². The first-order valence-corrected chi connectivity index (χ1v) is 12.8. The van der Waals surface area contributed by atoms with Gasteiger partial charge in [0.2, 0.25) is 6.10 Å². The summed E-state index contributed by atoms with van der Waals surface area (Å²) in [4.78, 5) is 9.53. The molecule has 1 amide bonds. The number of amides is 1. The zero-order valence-corrected chi connectivity index (χ0v) is 21.5. The Labute approximate surface area is 228 Å². The number of aliphatic hydroxyl groups is 1. The number of carbonyl (C=O) groups excluding carboxylic acids is 1. The molecule has 0 bridgehead atoms. The summed E-state index contributed by atoms with van der Waals surface area (Å²) >= 11 is 0. The lowest BCUT2D eigenvalue weighted by Crippen LogP contribution is -2.42. The van der Waals surface area contributed by atoms with Crippen molar-refractivity contribution in [1.82, 2.24) is 5.32 Å². The van der Waals surface area contributed by atoms with Crippen LogP contribution in [0.4, 0.5) is 40.8 Å². The molecule has 0 radical (unpaired) electrons. The van der Waals surface area contributed by atoms with Crippen LogP contribution < -0.4 is 14.4 Å². The van der Waals surface area contributed by atoms with Crippen molar-refractivity contribution >= 4 is 21.6 Å². The molecule has 0 saturated carbocycles. The van der Waals surface area contributed by atoms with Crippen LogP contribution in [-0.4, -0.2) is 51.9 Å². The fraction of sp³-hybridized carbons (Fsp3) is 0.240. The number of likely N-dealkylation sites (N-methyl/N-ethyl adjacent to an activating group) is 1. The average Bonchev–Trinajstić information content (AvgIpc) is 2.92. The van der Waals surface area contributed by atoms with Crippen molar-refractivity contribution in [3.05, 3.63) is 77.9 Å². The monoisotopic (exact) mass is 612 g/mol. The van der Waals surface area contributed by atoms with Crippen molar-refractivity contribution in [3.8, 4) is 16.9 Å². The lowest BCUT2D eigenvalue weighted by atomic mass is 10.0. The van der Waals surface area contributed by atoms with Gasteiger partial charge in [0, 0.05) is 12.6 Å². The van der Waals surface area contributed by atoms with Crippen molar-refractivity contribution in [2.24, 2.45) is 0 Å². The van der Waals surface area contributed by atoms with Crippen LogP contribution in [0.3, 0.4) is 0 Å². The standard InChI is InChI=1S/C21H14F5NO3S.C4H6F3NO2/c22-15-5-6-18(23)17(12-15)13-4-7-20-19(10-13)27(8-9-30-20)31(28,29)16-3-1-2-14(11-16)21(24,25)26;1-8-3(10)2(9)4(5,6)7/h1-7,10-12H,8-9H2;2,9H,1H3,(H,8,10). The van der Waals surface area contributed by atoms with E-state index < -0.39 is 56.5 Å². The van der Waals surface area contributed by atoms with Crippen LogP contribution in [0.15, 0.2) is 65.6 Å². The van der Waals surface area contributed by atoms with Gasteiger partial charge in [0.25, 0.3) is 15.9 Å². The smallest absolute Gasteiger partial charge is 0.423 e. The second-order valence-electron chi connectivity index (χ2n) is 8.32. The molecule has 3 aromatic carbocycles. The van der Waals surface area contributed by atoms with Gasteiger partial charge in [0.15, 0.2) is 0 Å². The number of carbonyl (C=O) groups is 1. The zero-order valence-electron chi connectivity index (χ0n) is 20.7. The number of anilines is 1. The third kappa shape index (κ3) is 7.24. The van der Waals surface area contributed by atoms with Gasteiger partial charge in [-0.3, -0.25) is 9.10 Å². The minimum atomic E-state index is -4.87. The van der Waals surface area contributed by atoms with Gasteiger partial charge in [-0.2, -0.15) is 26.3 Å². The molecule has 0 aliphatic carbocycles. The van der Waals surface area contributed by atoms with Gasteiger partial charge >= 0.3 is 12.4 Å². The van der Waals surface area contributed by atoms with E-state index >= 15 is 0 Å². The number of hydrogen-bond donors (Lipinski definition) is 2. The second kappa shape index (κ2) is 11.9. The molecule has 0 aromatic heterocycles. The number of aliphatic hydroxyl groups excluding tert-OH is 1. The van der Waals surface area contributed by atoms with Crippen molar-refractivity contribution in [1.29, 1.82) is 0 Å². The molecular weight excluding hydrogens is 592 g/mol. The first kappa shape index (κ1) is 31.6. The first-order valence-electron chi connectivity index (χ1n) is 11.4. The van der Waals surface area contributed by atoms with Crippen LogP contribution in [0.2, 0.25) is 0 Å². The van der Waals surface area contributed by atoms with Gasteiger partial charge in [-0.05, 0) is 54.1 Å². The average molecular weight is 612 g/mol. The highest BCUT2D eigenvalue weighted by Crippen LogP contribution is 2.40. The first-order chi connectivity index (χ1) is 19.0. The molecular formula is C25H20F8N2O5S. The molecule has 1 aliphatic heterocycles. The SMILES string of the molecule is CNC(=O)C(O)C(F)(F)F.O=S(=O)(c1cccc(C(F)(F)F)c1)N1CCOc2ccc(-c3cc(F)ccc3F)cc21. The zero-order chi connectivity index (χ0) is 30.8. The van der Waals surface area contributed by atoms with E-state index in [1.165, 1.54) is 18.2 Å². The Morgan fingerprint density at radius 2 is 1.68 bits per heavy atom. The summed E-state index contributed by atoms with van der Waals surface area (Å²) in [6, 6.07) is 10.4. The molecule has 0 saturated heterocycles. The molecule has 1 atom stereocenters. The van der Waals surface area contributed by atoms with Crippen molar-refractivity contribution < 1.29 is 58.2 Å². The van der Waals surface area contributed by atoms with Gasteiger partial charge in [-0.1, -0.05) is 12.1 Å². The number of sulfonamides is 1. The van der Waals surface area contributed by atoms with E-state index in [4.69, 9.17) is 9.84 Å². The molecule has 3 aromatic rings. The number of alkyl halides is 6. The lowest BCUT2D eigenvalue weighted by molar-refractivity contribution is -0.204. The fourth-order valence-corrected chi connectivity index (χ4v) is 5.07. The Kier molecular flexibility index (Phi) is 9.17. The highest BCUT2D eigenvalue weighted by molar-refractivity contribution is 7.92. The third-order valence-electron chi connectivity index (χ3n) is 5.57. The third-order valence-corrected chi connectivity index (χ3v) is 7.38. The van der Waals surface area contributed by atoms with E-state index in [2.05, 4.69) is 0 Å². The van der Waals surface area contributed by atoms with Crippen molar-refractivity contribution in [2.45, 2.75) is 23.4 Å². The lowest BCUT2D eigenvalue weighted by Gasteiger charge is -2.31. The summed E-state index contributed by atoms with van der Waals surface area (Å²) in [6.45, 7) is -0.195. The predicted octanol–water partition coefficient (Wildman–Crippen LogP) is 4.89. The van der Waals surface area contributed by atoms with E-state index in [1.54, 1.807) is 5.32 Å². The van der Waals surface area contributed by atoms with E-state index in [9.17, 15) is 48.3 Å². The predicted molar refractivity (Wildman–Crippen MR) is 129 cm³/mol. The maximum Gasteiger partial charge on any atom is 0.423 e. The molecule has 2 N–H and O–H groups in total. The van der Waals surface area contributed by atoms with Gasteiger partial charge < -0.3 is 15.2 Å². The molecule has 0 fully saturated rings. The topological polar surface area (TPSA) is 95.9 Å². The summed E-state index contributed by atoms with van der Waals surface area (Å²) < 4.78 is 134. The fourth-order valence-electron chi connectivity index (χ4n) is 3.57. The van der Waals surface area contributed by atoms with Crippen LogP contribution in [-0.2, 0) is 21.0 Å². The number of nitrogens with zero attached hydrogens (tertiary/aromatic N) is 1. The summed E-state index contributed by atoms with van der Waals surface area (Å²) in [5.74, 6) is -2.70. The number of halogens is 8. The Morgan fingerprint density at radius 1 is 1.00 bits per heavy atom. The molecule has 4 rings (SSSR count). The number of hydrogen-bond acceptors (Lipinski definition) is 5. The Hall–Kier alpha value is -3.92. The van der Waals surface area contributed by atoms with Gasteiger partial charge in [-0.15, -0.1) is 0 Å². The highest BCUT2D eigenvalue weighted by atomic mass is 32.2. The largest absolute Gasteiger partial charge is 0.489 e. The Balaban J connectivity index is 0.000000397. The highest BCUT2D eigenvalue weighted by Gasteiger charge is 2.43. The van der Waals surface area contributed by atoms with Crippen LogP contribution in [0.25, 0.3) is 11.1 Å². The molecule has 41 heavy (non-hydrogen) atoms. The maximum absolute atomic E-state index is 14.2. The van der Waals surface area contributed by atoms with Crippen LogP contribution in [0.1, 0.15) is 5.56 Å². The van der Waals surface area contributed by atoms with E-state index in [1.807, 2.05) is 0 Å². The van der Waals surface area contributed by atoms with Gasteiger partial charge in [-0.25, -0.2) is 17.2 Å². The number of ether oxygens (including phenoxy) is 1. The summed E-state index contributed by atoms with van der Waals surface area (Å²) in [7, 11) is -3.38. The van der Waals surface area contributed by atoms with Crippen molar-refractivity contribution in [2.75, 3.05) is 24.5 Å². The van der Waals surface area contributed by atoms with E-state index in [0.717, 1.165) is 47.8 Å². The minimum Gasteiger partial charge on any atom is -0.489 e. The molecule has 222 valence electrons. The molecule has 1 heterocycles. The van der Waals surface area contributed by atoms with Crippen molar-refractivity contribution in [3.63, 3.8) is 0 Å². The van der Waals surface area contributed by atoms with Gasteiger partial charge in [0.1, 0.15) is 24.0 Å². The van der Waals surface area contributed by atoms with E-state index in [0.29, 0.717) is 6.07 Å². The molecule has 0 spiro atoms. The second-order valence-corrected chi connectivity index (χ2v) is 10.2. The summed E-state index contributed by atoms with van der Waals surface area (Å²) in [5, 5.41) is 9.78. The Bertz CT molecular complexity index is 1530. The van der Waals surface area contributed by atoms with E-state index in [-0.39, 0.29) is 35.7 Å². The van der Waals surface area contributed by atoms with Crippen LogP contribution in [0.5, 0.6) is 5.75 Å². The number of fused-ring (bicyclic) bond motifs is 1. The number of nitrogens with one attached hydrogen (secondary N) is 1. The molecule has 16 heteroatoms. The molecule has 1 unspecified atom stereocenters.